The summed E-state index contributed by atoms with van der Waals surface area (Å²) in [6.45, 7) is 12.6. The number of hydrogen-bond acceptors (Lipinski definition) is 8. The van der Waals surface area contributed by atoms with Crippen molar-refractivity contribution in [3.05, 3.63) is 71.8 Å². The summed E-state index contributed by atoms with van der Waals surface area (Å²) in [4.78, 5) is 37.8. The molecule has 0 radical (unpaired) electrons. The van der Waals surface area contributed by atoms with E-state index in [1.54, 1.807) is 36.4 Å². The second kappa shape index (κ2) is 11.1. The van der Waals surface area contributed by atoms with E-state index < -0.39 is 53.5 Å². The number of allylic oxidation sites excluding steroid dienone is 3. The lowest BCUT2D eigenvalue weighted by molar-refractivity contribution is -0.253. The predicted molar refractivity (Wildman–Crippen MR) is 143 cm³/mol. The number of esters is 3. The molecule has 8 unspecified atom stereocenters. The van der Waals surface area contributed by atoms with Gasteiger partial charge in [-0.1, -0.05) is 56.4 Å². The number of rotatable bonds is 7. The van der Waals surface area contributed by atoms with Crippen LogP contribution in [0.2, 0.25) is 0 Å². The standard InChI is InChI=1S/C31H38O8/c1-7-18(2)13-14-30(6)19(3)15-26(38-27(35)22-11-9-8-10-12-22)31-24(16-23(34)17-25(30)31)28(36-20(4)32)39-29(31)37-21(5)33/h7-13,16,19,23,25-26,28-29,34H,1,14-15,17H2,2-6H3. The number of carbonyl (C=O) groups is 3. The smallest absolute Gasteiger partial charge is 0.338 e. The molecule has 0 amide bonds. The molecule has 0 bridgehead atoms. The quantitative estimate of drug-likeness (QED) is 0.226. The minimum absolute atomic E-state index is 0.0351. The Hall–Kier alpha value is -3.23. The largest absolute Gasteiger partial charge is 0.458 e. The van der Waals surface area contributed by atoms with Crippen molar-refractivity contribution in [3.63, 3.8) is 0 Å². The summed E-state index contributed by atoms with van der Waals surface area (Å²) in [5.41, 5.74) is 0.233. The molecule has 1 spiro atoms. The SMILES string of the molecule is C=CC(C)=CCC1(C)C(C)CC(OC(=O)c2ccccc2)C23C(=CC(O)CC12)C(OC(C)=O)OC3OC(C)=O. The molecule has 1 N–H and O–H groups in total. The third-order valence-corrected chi connectivity index (χ3v) is 8.83. The Morgan fingerprint density at radius 3 is 2.36 bits per heavy atom. The molecule has 3 aliphatic rings. The van der Waals surface area contributed by atoms with Crippen molar-refractivity contribution in [1.82, 2.24) is 0 Å². The number of benzene rings is 1. The van der Waals surface area contributed by atoms with Gasteiger partial charge in [0.05, 0.1) is 11.7 Å². The number of aliphatic hydroxyl groups is 1. The average Bonchev–Trinajstić information content (AvgIpc) is 3.17. The van der Waals surface area contributed by atoms with Crippen LogP contribution in [-0.4, -0.2) is 47.8 Å². The normalized spacial score (nSPS) is 35.6. The van der Waals surface area contributed by atoms with Gasteiger partial charge in [-0.3, -0.25) is 14.3 Å². The van der Waals surface area contributed by atoms with Crippen molar-refractivity contribution in [1.29, 1.82) is 0 Å². The fourth-order valence-corrected chi connectivity index (χ4v) is 6.69. The molecule has 8 nitrogen and oxygen atoms in total. The fraction of sp³-hybridized carbons (Fsp3) is 0.516. The van der Waals surface area contributed by atoms with Crippen molar-refractivity contribution in [3.8, 4) is 0 Å². The van der Waals surface area contributed by atoms with Crippen LogP contribution < -0.4 is 0 Å². The summed E-state index contributed by atoms with van der Waals surface area (Å²) < 4.78 is 23.7. The van der Waals surface area contributed by atoms with Crippen LogP contribution in [0.4, 0.5) is 0 Å². The van der Waals surface area contributed by atoms with E-state index in [-0.39, 0.29) is 11.8 Å². The van der Waals surface area contributed by atoms with E-state index in [2.05, 4.69) is 26.5 Å². The van der Waals surface area contributed by atoms with Crippen LogP contribution in [0.1, 0.15) is 64.2 Å². The average molecular weight is 539 g/mol. The molecule has 1 saturated carbocycles. The van der Waals surface area contributed by atoms with Gasteiger partial charge >= 0.3 is 17.9 Å². The zero-order valence-electron chi connectivity index (χ0n) is 23.2. The first-order valence-electron chi connectivity index (χ1n) is 13.4. The van der Waals surface area contributed by atoms with Crippen molar-refractivity contribution < 1.29 is 38.4 Å². The molecule has 39 heavy (non-hydrogen) atoms. The Morgan fingerprint density at radius 2 is 1.74 bits per heavy atom. The second-order valence-corrected chi connectivity index (χ2v) is 11.2. The van der Waals surface area contributed by atoms with Gasteiger partial charge in [0, 0.05) is 19.4 Å². The van der Waals surface area contributed by atoms with Gasteiger partial charge in [0.15, 0.2) is 0 Å². The monoisotopic (exact) mass is 538 g/mol. The molecule has 1 saturated heterocycles. The van der Waals surface area contributed by atoms with Crippen LogP contribution in [0, 0.1) is 22.7 Å². The Balaban J connectivity index is 1.91. The highest BCUT2D eigenvalue weighted by molar-refractivity contribution is 5.89. The molecule has 1 aromatic rings. The van der Waals surface area contributed by atoms with Crippen molar-refractivity contribution in [2.24, 2.45) is 22.7 Å². The lowest BCUT2D eigenvalue weighted by Gasteiger charge is -2.60. The van der Waals surface area contributed by atoms with Crippen molar-refractivity contribution >= 4 is 17.9 Å². The first kappa shape index (κ1) is 28.8. The Kier molecular flexibility index (Phi) is 8.19. The molecule has 1 aromatic carbocycles. The van der Waals surface area contributed by atoms with E-state index >= 15 is 0 Å². The van der Waals surface area contributed by atoms with Gasteiger partial charge in [0.2, 0.25) is 12.6 Å². The molecule has 1 heterocycles. The summed E-state index contributed by atoms with van der Waals surface area (Å²) >= 11 is 0. The summed E-state index contributed by atoms with van der Waals surface area (Å²) in [6, 6.07) is 8.67. The Bertz CT molecular complexity index is 1190. The van der Waals surface area contributed by atoms with E-state index in [1.807, 2.05) is 13.0 Å². The van der Waals surface area contributed by atoms with Crippen LogP contribution in [0.5, 0.6) is 0 Å². The maximum Gasteiger partial charge on any atom is 0.338 e. The van der Waals surface area contributed by atoms with Crippen LogP contribution in [0.15, 0.2) is 66.3 Å². The Labute approximate surface area is 229 Å². The molecule has 0 aromatic heterocycles. The van der Waals surface area contributed by atoms with E-state index in [0.29, 0.717) is 30.4 Å². The molecule has 1 aliphatic heterocycles. The summed E-state index contributed by atoms with van der Waals surface area (Å²) in [5.74, 6) is -2.03. The topological polar surface area (TPSA) is 108 Å². The van der Waals surface area contributed by atoms with E-state index in [1.165, 1.54) is 13.8 Å². The summed E-state index contributed by atoms with van der Waals surface area (Å²) in [6.07, 6.45) is 2.85. The molecule has 8 atom stereocenters. The highest BCUT2D eigenvalue weighted by Gasteiger charge is 2.72. The maximum absolute atomic E-state index is 13.4. The van der Waals surface area contributed by atoms with E-state index in [9.17, 15) is 19.5 Å². The number of ether oxygens (including phenoxy) is 4. The number of hydrogen-bond donors (Lipinski definition) is 1. The minimum atomic E-state index is -1.20. The third kappa shape index (κ3) is 5.20. The van der Waals surface area contributed by atoms with Gasteiger partial charge in [-0.2, -0.15) is 0 Å². The molecule has 4 rings (SSSR count). The summed E-state index contributed by atoms with van der Waals surface area (Å²) in [7, 11) is 0. The number of aliphatic hydroxyl groups excluding tert-OH is 1. The van der Waals surface area contributed by atoms with E-state index in [0.717, 1.165) is 5.57 Å². The Morgan fingerprint density at radius 1 is 1.08 bits per heavy atom. The highest BCUT2D eigenvalue weighted by atomic mass is 16.8. The lowest BCUT2D eigenvalue weighted by atomic mass is 9.45. The van der Waals surface area contributed by atoms with Crippen LogP contribution in [-0.2, 0) is 28.5 Å². The second-order valence-electron chi connectivity index (χ2n) is 11.2. The van der Waals surface area contributed by atoms with Gasteiger partial charge < -0.3 is 19.3 Å². The minimum Gasteiger partial charge on any atom is -0.458 e. The number of carbonyl (C=O) groups excluding carboxylic acids is 3. The highest BCUT2D eigenvalue weighted by Crippen LogP contribution is 2.67. The van der Waals surface area contributed by atoms with Gasteiger partial charge in [-0.05, 0) is 61.6 Å². The van der Waals surface area contributed by atoms with Gasteiger partial charge in [0.25, 0.3) is 0 Å². The predicted octanol–water partition coefficient (Wildman–Crippen LogP) is 4.88. The van der Waals surface area contributed by atoms with E-state index in [4.69, 9.17) is 18.9 Å². The molecule has 8 heteroatoms. The first-order valence-corrected chi connectivity index (χ1v) is 13.4. The third-order valence-electron chi connectivity index (χ3n) is 8.83. The van der Waals surface area contributed by atoms with Crippen LogP contribution >= 0.6 is 0 Å². The van der Waals surface area contributed by atoms with Crippen molar-refractivity contribution in [2.45, 2.75) is 78.7 Å². The van der Waals surface area contributed by atoms with Crippen LogP contribution in [0.25, 0.3) is 0 Å². The molecule has 2 fully saturated rings. The fourth-order valence-electron chi connectivity index (χ4n) is 6.69. The zero-order valence-corrected chi connectivity index (χ0v) is 23.2. The summed E-state index contributed by atoms with van der Waals surface area (Å²) in [5, 5.41) is 11.1. The van der Waals surface area contributed by atoms with Crippen molar-refractivity contribution in [2.75, 3.05) is 0 Å². The van der Waals surface area contributed by atoms with Gasteiger partial charge in [0.1, 0.15) is 11.5 Å². The molecular formula is C31H38O8. The van der Waals surface area contributed by atoms with Gasteiger partial charge in [-0.25, -0.2) is 4.79 Å². The molecule has 210 valence electrons. The van der Waals surface area contributed by atoms with Gasteiger partial charge in [-0.15, -0.1) is 0 Å². The maximum atomic E-state index is 13.4. The molecular weight excluding hydrogens is 500 g/mol. The zero-order chi connectivity index (χ0) is 28.5. The lowest BCUT2D eigenvalue weighted by Crippen LogP contribution is -2.63. The van der Waals surface area contributed by atoms with Crippen LogP contribution in [0.3, 0.4) is 0 Å². The molecule has 2 aliphatic carbocycles. The first-order chi connectivity index (χ1) is 18.4.